The van der Waals surface area contributed by atoms with E-state index >= 15 is 0 Å². The minimum Gasteiger partial charge on any atom is -0.467 e. The number of amides is 1. The highest BCUT2D eigenvalue weighted by molar-refractivity contribution is 5.91. The lowest BCUT2D eigenvalue weighted by Crippen LogP contribution is -2.44. The third kappa shape index (κ3) is 5.34. The summed E-state index contributed by atoms with van der Waals surface area (Å²) in [6.07, 6.45) is 6.54. The van der Waals surface area contributed by atoms with E-state index < -0.39 is 12.0 Å². The summed E-state index contributed by atoms with van der Waals surface area (Å²) < 4.78 is 4.61. The van der Waals surface area contributed by atoms with Crippen LogP contribution in [0.4, 0.5) is 0 Å². The highest BCUT2D eigenvalue weighted by Gasteiger charge is 2.23. The van der Waals surface area contributed by atoms with Gasteiger partial charge in [0.1, 0.15) is 6.04 Å². The highest BCUT2D eigenvalue weighted by atomic mass is 16.5. The fourth-order valence-electron chi connectivity index (χ4n) is 1.08. The van der Waals surface area contributed by atoms with Gasteiger partial charge in [0.15, 0.2) is 0 Å². The van der Waals surface area contributed by atoms with Crippen LogP contribution in [-0.2, 0) is 14.3 Å². The molecule has 0 aromatic rings. The van der Waals surface area contributed by atoms with Gasteiger partial charge in [0.2, 0.25) is 5.91 Å². The zero-order valence-electron chi connectivity index (χ0n) is 10.2. The molecule has 1 amide bonds. The minimum absolute atomic E-state index is 0.00785. The van der Waals surface area contributed by atoms with Gasteiger partial charge in [-0.25, -0.2) is 4.79 Å². The monoisotopic (exact) mass is 225 g/mol. The molecule has 0 radical (unpaired) electrons. The van der Waals surface area contributed by atoms with E-state index in [1.807, 2.05) is 26.8 Å². The Kier molecular flexibility index (Phi) is 6.92. The van der Waals surface area contributed by atoms with Crippen molar-refractivity contribution < 1.29 is 14.3 Å². The molecular formula is C12H19NO3. The number of esters is 1. The number of ether oxygens (including phenoxy) is 1. The maximum absolute atomic E-state index is 11.4. The van der Waals surface area contributed by atoms with Crippen molar-refractivity contribution in [2.24, 2.45) is 5.92 Å². The van der Waals surface area contributed by atoms with Gasteiger partial charge in [0.05, 0.1) is 7.11 Å². The van der Waals surface area contributed by atoms with Gasteiger partial charge >= 0.3 is 5.97 Å². The largest absolute Gasteiger partial charge is 0.467 e. The van der Waals surface area contributed by atoms with E-state index in [4.69, 9.17) is 0 Å². The third-order valence-corrected chi connectivity index (χ3v) is 1.97. The van der Waals surface area contributed by atoms with Crippen LogP contribution in [0.5, 0.6) is 0 Å². The first kappa shape index (κ1) is 14.4. The van der Waals surface area contributed by atoms with Crippen LogP contribution in [0.3, 0.4) is 0 Å². The smallest absolute Gasteiger partial charge is 0.328 e. The lowest BCUT2D eigenvalue weighted by Gasteiger charge is -2.18. The summed E-state index contributed by atoms with van der Waals surface area (Å²) >= 11 is 0. The van der Waals surface area contributed by atoms with E-state index in [1.54, 1.807) is 12.2 Å². The second-order valence-corrected chi connectivity index (χ2v) is 3.64. The zero-order valence-corrected chi connectivity index (χ0v) is 10.2. The average Bonchev–Trinajstić information content (AvgIpc) is 2.25. The molecule has 0 aliphatic rings. The lowest BCUT2D eigenvalue weighted by molar-refractivity contribution is -0.145. The molecule has 0 spiro atoms. The number of hydrogen-bond donors (Lipinski definition) is 1. The molecule has 0 aromatic heterocycles. The maximum atomic E-state index is 11.4. The lowest BCUT2D eigenvalue weighted by atomic mass is 10.0. The molecule has 4 nitrogen and oxygen atoms in total. The van der Waals surface area contributed by atoms with E-state index in [9.17, 15) is 9.59 Å². The summed E-state index contributed by atoms with van der Waals surface area (Å²) in [5.41, 5.74) is 0. The first-order chi connectivity index (χ1) is 7.52. The van der Waals surface area contributed by atoms with Gasteiger partial charge in [-0.3, -0.25) is 4.79 Å². The first-order valence-electron chi connectivity index (χ1n) is 5.20. The number of hydrogen-bond acceptors (Lipinski definition) is 3. The van der Waals surface area contributed by atoms with Crippen LogP contribution in [0.25, 0.3) is 0 Å². The van der Waals surface area contributed by atoms with Crippen molar-refractivity contribution >= 4 is 11.9 Å². The molecular weight excluding hydrogens is 206 g/mol. The van der Waals surface area contributed by atoms with E-state index in [0.29, 0.717) is 0 Å². The van der Waals surface area contributed by atoms with Gasteiger partial charge in [-0.2, -0.15) is 0 Å². The Bertz CT molecular complexity index is 293. The molecule has 0 fully saturated rings. The van der Waals surface area contributed by atoms with Gasteiger partial charge in [-0.05, 0) is 12.8 Å². The summed E-state index contributed by atoms with van der Waals surface area (Å²) in [6.45, 7) is 5.54. The topological polar surface area (TPSA) is 55.4 Å². The highest BCUT2D eigenvalue weighted by Crippen LogP contribution is 2.03. The SMILES string of the molecule is C/C=C/C=C/C(=O)NC(C(=O)OC)C(C)C. The van der Waals surface area contributed by atoms with Crippen LogP contribution in [0, 0.1) is 5.92 Å². The van der Waals surface area contributed by atoms with Crippen LogP contribution in [-0.4, -0.2) is 25.0 Å². The van der Waals surface area contributed by atoms with E-state index in [-0.39, 0.29) is 11.8 Å². The predicted molar refractivity (Wildman–Crippen MR) is 62.7 cm³/mol. The van der Waals surface area contributed by atoms with E-state index in [1.165, 1.54) is 13.2 Å². The Balaban J connectivity index is 4.41. The predicted octanol–water partition coefficient (Wildman–Crippen LogP) is 1.43. The van der Waals surface area contributed by atoms with Crippen molar-refractivity contribution in [2.75, 3.05) is 7.11 Å². The maximum Gasteiger partial charge on any atom is 0.328 e. The molecule has 90 valence electrons. The zero-order chi connectivity index (χ0) is 12.6. The number of methoxy groups -OCH3 is 1. The molecule has 0 bridgehead atoms. The summed E-state index contributed by atoms with van der Waals surface area (Å²) in [6, 6.07) is -0.604. The summed E-state index contributed by atoms with van der Waals surface area (Å²) in [5.74, 6) is -0.739. The van der Waals surface area contributed by atoms with Gasteiger partial charge in [0, 0.05) is 6.08 Å². The van der Waals surface area contributed by atoms with Crippen LogP contribution in [0.2, 0.25) is 0 Å². The van der Waals surface area contributed by atoms with Gasteiger partial charge in [0.25, 0.3) is 0 Å². The van der Waals surface area contributed by atoms with Crippen LogP contribution >= 0.6 is 0 Å². The number of nitrogens with one attached hydrogen (secondary N) is 1. The van der Waals surface area contributed by atoms with Crippen molar-refractivity contribution in [3.8, 4) is 0 Å². The number of carbonyl (C=O) groups is 2. The van der Waals surface area contributed by atoms with Crippen molar-refractivity contribution in [1.82, 2.24) is 5.32 Å². The van der Waals surface area contributed by atoms with Crippen LogP contribution in [0.1, 0.15) is 20.8 Å². The molecule has 0 aliphatic carbocycles. The Morgan fingerprint density at radius 3 is 2.31 bits per heavy atom. The Morgan fingerprint density at radius 2 is 1.88 bits per heavy atom. The number of rotatable bonds is 5. The van der Waals surface area contributed by atoms with Gasteiger partial charge in [-0.1, -0.05) is 32.1 Å². The molecule has 1 N–H and O–H groups in total. The second-order valence-electron chi connectivity index (χ2n) is 3.64. The fraction of sp³-hybridized carbons (Fsp3) is 0.500. The van der Waals surface area contributed by atoms with Crippen molar-refractivity contribution in [1.29, 1.82) is 0 Å². The standard InChI is InChI=1S/C12H19NO3/c1-5-6-7-8-10(14)13-11(9(2)3)12(15)16-4/h5-9,11H,1-4H3,(H,13,14)/b6-5+,8-7+. The normalized spacial score (nSPS) is 13.3. The van der Waals surface area contributed by atoms with Crippen molar-refractivity contribution in [3.05, 3.63) is 24.3 Å². The summed E-state index contributed by atoms with van der Waals surface area (Å²) in [5, 5.41) is 2.59. The Hall–Kier alpha value is -1.58. The van der Waals surface area contributed by atoms with Crippen molar-refractivity contribution in [3.63, 3.8) is 0 Å². The first-order valence-corrected chi connectivity index (χ1v) is 5.20. The average molecular weight is 225 g/mol. The van der Waals surface area contributed by atoms with Crippen LogP contribution < -0.4 is 5.32 Å². The molecule has 0 saturated heterocycles. The molecule has 1 atom stereocenters. The van der Waals surface area contributed by atoms with E-state index in [0.717, 1.165) is 0 Å². The third-order valence-electron chi connectivity index (χ3n) is 1.97. The van der Waals surface area contributed by atoms with Gasteiger partial charge in [-0.15, -0.1) is 0 Å². The molecule has 1 unspecified atom stereocenters. The Labute approximate surface area is 96.4 Å². The number of carbonyl (C=O) groups excluding carboxylic acids is 2. The molecule has 0 aliphatic heterocycles. The Morgan fingerprint density at radius 1 is 1.25 bits per heavy atom. The summed E-state index contributed by atoms with van der Waals surface area (Å²) in [4.78, 5) is 22.8. The molecule has 0 aromatic carbocycles. The number of allylic oxidation sites excluding steroid dienone is 3. The molecule has 16 heavy (non-hydrogen) atoms. The molecule has 4 heteroatoms. The molecule has 0 heterocycles. The van der Waals surface area contributed by atoms with Crippen LogP contribution in [0.15, 0.2) is 24.3 Å². The minimum atomic E-state index is -0.604. The van der Waals surface area contributed by atoms with Gasteiger partial charge < -0.3 is 10.1 Å². The van der Waals surface area contributed by atoms with Crippen molar-refractivity contribution in [2.45, 2.75) is 26.8 Å². The van der Waals surface area contributed by atoms with E-state index in [2.05, 4.69) is 10.1 Å². The second kappa shape index (κ2) is 7.68. The fourth-order valence-corrected chi connectivity index (χ4v) is 1.08. The summed E-state index contributed by atoms with van der Waals surface area (Å²) in [7, 11) is 1.31. The molecule has 0 rings (SSSR count). The molecule has 0 saturated carbocycles. The quantitative estimate of drug-likeness (QED) is 0.437.